The number of carbonyl (C=O) groups excluding carboxylic acids is 1. The quantitative estimate of drug-likeness (QED) is 0.795. The third-order valence-electron chi connectivity index (χ3n) is 4.90. The Hall–Kier alpha value is -2.70. The highest BCUT2D eigenvalue weighted by Gasteiger charge is 2.27. The van der Waals surface area contributed by atoms with Gasteiger partial charge in [0.15, 0.2) is 18.1 Å². The Bertz CT molecular complexity index is 747. The predicted octanol–water partition coefficient (Wildman–Crippen LogP) is 2.46. The molecule has 2 aliphatic rings. The van der Waals surface area contributed by atoms with Crippen molar-refractivity contribution < 1.29 is 19.0 Å². The molecule has 3 heterocycles. The second kappa shape index (κ2) is 7.68. The van der Waals surface area contributed by atoms with Crippen molar-refractivity contribution >= 4 is 5.91 Å². The Kier molecular flexibility index (Phi) is 4.95. The minimum absolute atomic E-state index is 0.0350. The molecule has 26 heavy (non-hydrogen) atoms. The Morgan fingerprint density at radius 1 is 1.27 bits per heavy atom. The van der Waals surface area contributed by atoms with Gasteiger partial charge in [-0.15, -0.1) is 0 Å². The van der Waals surface area contributed by atoms with Crippen LogP contribution in [0.5, 0.6) is 17.2 Å². The van der Waals surface area contributed by atoms with Crippen molar-refractivity contribution in [3.63, 3.8) is 0 Å². The van der Waals surface area contributed by atoms with Gasteiger partial charge in [0.25, 0.3) is 5.91 Å². The van der Waals surface area contributed by atoms with Gasteiger partial charge in [-0.3, -0.25) is 9.48 Å². The third kappa shape index (κ3) is 3.76. The van der Waals surface area contributed by atoms with E-state index < -0.39 is 0 Å². The lowest BCUT2D eigenvalue weighted by molar-refractivity contribution is -0.137. The van der Waals surface area contributed by atoms with Gasteiger partial charge in [-0.1, -0.05) is 0 Å². The van der Waals surface area contributed by atoms with Crippen molar-refractivity contribution in [3.05, 3.63) is 36.7 Å². The minimum atomic E-state index is 0.0350. The molecule has 0 spiro atoms. The molecule has 1 saturated heterocycles. The van der Waals surface area contributed by atoms with Crippen molar-refractivity contribution in [2.75, 3.05) is 19.9 Å². The van der Waals surface area contributed by atoms with E-state index in [0.29, 0.717) is 17.2 Å². The first kappa shape index (κ1) is 16.8. The molecule has 0 radical (unpaired) electrons. The maximum absolute atomic E-state index is 12.7. The van der Waals surface area contributed by atoms with Crippen LogP contribution in [0.3, 0.4) is 0 Å². The first-order valence-electron chi connectivity index (χ1n) is 9.09. The van der Waals surface area contributed by atoms with Crippen molar-refractivity contribution in [2.24, 2.45) is 0 Å². The zero-order valence-corrected chi connectivity index (χ0v) is 14.7. The Balaban J connectivity index is 1.33. The number of fused-ring (bicyclic) bond motifs is 1. The second-order valence-electron chi connectivity index (χ2n) is 6.60. The molecular weight excluding hydrogens is 334 g/mol. The van der Waals surface area contributed by atoms with Gasteiger partial charge in [0, 0.05) is 37.6 Å². The van der Waals surface area contributed by atoms with Gasteiger partial charge in [-0.2, -0.15) is 5.10 Å². The molecule has 1 fully saturated rings. The normalized spacial score (nSPS) is 18.8. The number of aryl methyl sites for hydroxylation is 1. The van der Waals surface area contributed by atoms with E-state index in [1.54, 1.807) is 24.4 Å². The molecule has 1 unspecified atom stereocenters. The molecule has 0 saturated carbocycles. The van der Waals surface area contributed by atoms with Crippen molar-refractivity contribution in [1.29, 1.82) is 0 Å². The number of rotatable bonds is 6. The van der Waals surface area contributed by atoms with Gasteiger partial charge in [-0.05, 0) is 43.9 Å². The van der Waals surface area contributed by atoms with Gasteiger partial charge in [0.2, 0.25) is 6.79 Å². The summed E-state index contributed by atoms with van der Waals surface area (Å²) in [6.45, 7) is 1.89. The number of hydrogen-bond acceptors (Lipinski definition) is 5. The number of carbonyl (C=O) groups is 1. The van der Waals surface area contributed by atoms with Crippen LogP contribution >= 0.6 is 0 Å². The van der Waals surface area contributed by atoms with Crippen molar-refractivity contribution in [3.8, 4) is 17.2 Å². The molecule has 4 rings (SSSR count). The lowest BCUT2D eigenvalue weighted by atomic mass is 9.99. The molecular formula is C19H23N3O4. The number of nitrogens with zero attached hydrogens (tertiary/aromatic N) is 3. The van der Waals surface area contributed by atoms with E-state index in [1.807, 2.05) is 21.8 Å². The lowest BCUT2D eigenvalue weighted by Crippen LogP contribution is -2.46. The first-order valence-corrected chi connectivity index (χ1v) is 9.09. The van der Waals surface area contributed by atoms with Crippen LogP contribution in [0.2, 0.25) is 0 Å². The van der Waals surface area contributed by atoms with E-state index >= 15 is 0 Å². The molecule has 1 atom stereocenters. The van der Waals surface area contributed by atoms with Gasteiger partial charge in [0.1, 0.15) is 5.75 Å². The van der Waals surface area contributed by atoms with Crippen molar-refractivity contribution in [1.82, 2.24) is 14.7 Å². The zero-order chi connectivity index (χ0) is 17.8. The topological polar surface area (TPSA) is 65.8 Å². The van der Waals surface area contributed by atoms with Crippen LogP contribution in [-0.4, -0.2) is 46.6 Å². The molecule has 0 aliphatic carbocycles. The van der Waals surface area contributed by atoms with Crippen LogP contribution in [0, 0.1) is 0 Å². The summed E-state index contributed by atoms with van der Waals surface area (Å²) >= 11 is 0. The number of hydrogen-bond donors (Lipinski definition) is 0. The number of piperidine rings is 1. The van der Waals surface area contributed by atoms with E-state index in [1.165, 1.54) is 0 Å². The molecule has 1 aromatic carbocycles. The minimum Gasteiger partial charge on any atom is -0.484 e. The summed E-state index contributed by atoms with van der Waals surface area (Å²) in [5, 5.41) is 4.24. The highest BCUT2D eigenvalue weighted by molar-refractivity contribution is 5.78. The van der Waals surface area contributed by atoms with Crippen LogP contribution in [0.1, 0.15) is 25.7 Å². The van der Waals surface area contributed by atoms with E-state index in [4.69, 9.17) is 14.2 Å². The lowest BCUT2D eigenvalue weighted by Gasteiger charge is -2.35. The number of amides is 1. The standard InChI is InChI=1S/C19H23N3O4/c23-19(13-24-16-5-6-17-18(12-16)26-14-25-17)22-10-2-1-4-15(22)7-11-21-9-3-8-20-21/h3,5-6,8-9,12,15H,1-2,4,7,10-11,13-14H2. The smallest absolute Gasteiger partial charge is 0.260 e. The van der Waals surface area contributed by atoms with E-state index in [2.05, 4.69) is 5.10 Å². The summed E-state index contributed by atoms with van der Waals surface area (Å²) in [5.74, 6) is 2.02. The van der Waals surface area contributed by atoms with Crippen LogP contribution in [0.4, 0.5) is 0 Å². The highest BCUT2D eigenvalue weighted by Crippen LogP contribution is 2.35. The fraction of sp³-hybridized carbons (Fsp3) is 0.474. The summed E-state index contributed by atoms with van der Waals surface area (Å²) in [6.07, 6.45) is 7.90. The van der Waals surface area contributed by atoms with E-state index in [-0.39, 0.29) is 25.3 Å². The fourth-order valence-electron chi connectivity index (χ4n) is 3.54. The monoisotopic (exact) mass is 357 g/mol. The predicted molar refractivity (Wildman–Crippen MR) is 94.3 cm³/mol. The van der Waals surface area contributed by atoms with E-state index in [0.717, 1.165) is 38.8 Å². The average Bonchev–Trinajstić information content (AvgIpc) is 3.35. The molecule has 138 valence electrons. The zero-order valence-electron chi connectivity index (χ0n) is 14.7. The van der Waals surface area contributed by atoms with Crippen LogP contribution in [0.25, 0.3) is 0 Å². The Morgan fingerprint density at radius 3 is 3.08 bits per heavy atom. The number of benzene rings is 1. The average molecular weight is 357 g/mol. The van der Waals surface area contributed by atoms with Gasteiger partial charge in [-0.25, -0.2) is 0 Å². The summed E-state index contributed by atoms with van der Waals surface area (Å²) in [4.78, 5) is 14.7. The molecule has 7 nitrogen and oxygen atoms in total. The van der Waals surface area contributed by atoms with Crippen molar-refractivity contribution in [2.45, 2.75) is 38.3 Å². The SMILES string of the molecule is O=C(COc1ccc2c(c1)OCO2)N1CCCCC1CCn1cccn1. The summed E-state index contributed by atoms with van der Waals surface area (Å²) in [7, 11) is 0. The number of likely N-dealkylation sites (tertiary alicyclic amines) is 1. The van der Waals surface area contributed by atoms with Crippen LogP contribution in [-0.2, 0) is 11.3 Å². The molecule has 1 aromatic heterocycles. The Labute approximate surface area is 152 Å². The first-order chi connectivity index (χ1) is 12.8. The van der Waals surface area contributed by atoms with Crippen LogP contribution < -0.4 is 14.2 Å². The summed E-state index contributed by atoms with van der Waals surface area (Å²) in [5.41, 5.74) is 0. The van der Waals surface area contributed by atoms with Gasteiger partial charge in [0.05, 0.1) is 0 Å². The molecule has 2 aromatic rings. The summed E-state index contributed by atoms with van der Waals surface area (Å²) in [6, 6.07) is 7.53. The van der Waals surface area contributed by atoms with Gasteiger partial charge >= 0.3 is 0 Å². The molecule has 7 heteroatoms. The fourth-order valence-corrected chi connectivity index (χ4v) is 3.54. The third-order valence-corrected chi connectivity index (χ3v) is 4.90. The number of ether oxygens (including phenoxy) is 3. The molecule has 0 bridgehead atoms. The molecule has 2 aliphatic heterocycles. The maximum atomic E-state index is 12.7. The molecule has 1 amide bonds. The molecule has 0 N–H and O–H groups in total. The summed E-state index contributed by atoms with van der Waals surface area (Å²) < 4.78 is 18.2. The van der Waals surface area contributed by atoms with Crippen LogP contribution in [0.15, 0.2) is 36.7 Å². The number of aromatic nitrogens is 2. The largest absolute Gasteiger partial charge is 0.484 e. The highest BCUT2D eigenvalue weighted by atomic mass is 16.7. The second-order valence-corrected chi connectivity index (χ2v) is 6.60. The van der Waals surface area contributed by atoms with Gasteiger partial charge < -0.3 is 19.1 Å². The maximum Gasteiger partial charge on any atom is 0.260 e. The van der Waals surface area contributed by atoms with E-state index in [9.17, 15) is 4.79 Å². The Morgan fingerprint density at radius 2 is 2.19 bits per heavy atom.